The number of hydrogen-bond acceptors (Lipinski definition) is 2. The van der Waals surface area contributed by atoms with Crippen LogP contribution >= 0.6 is 11.6 Å². The minimum absolute atomic E-state index is 0.211. The van der Waals surface area contributed by atoms with E-state index in [1.807, 2.05) is 18.2 Å². The van der Waals surface area contributed by atoms with E-state index in [4.69, 9.17) is 16.3 Å². The molecule has 1 unspecified atom stereocenters. The Hall–Kier alpha value is -1.17. The van der Waals surface area contributed by atoms with Crippen molar-refractivity contribution in [3.05, 3.63) is 28.8 Å². The predicted octanol–water partition coefficient (Wildman–Crippen LogP) is 3.41. The number of benzene rings is 1. The Morgan fingerprint density at radius 1 is 1.47 bits per heavy atom. The van der Waals surface area contributed by atoms with E-state index in [9.17, 15) is 0 Å². The highest BCUT2D eigenvalue weighted by Gasteiger charge is 2.11. The first-order chi connectivity index (χ1) is 8.19. The van der Waals surface area contributed by atoms with Crippen molar-refractivity contribution in [2.24, 2.45) is 0 Å². The summed E-state index contributed by atoms with van der Waals surface area (Å²) in [6.45, 7) is 7.27. The van der Waals surface area contributed by atoms with E-state index >= 15 is 0 Å². The Labute approximate surface area is 108 Å². The van der Waals surface area contributed by atoms with Crippen LogP contribution in [0.4, 0.5) is 0 Å². The number of ether oxygens (including phenoxy) is 1. The number of hydrogen-bond donors (Lipinski definition) is 1. The molecule has 2 nitrogen and oxygen atoms in total. The van der Waals surface area contributed by atoms with E-state index < -0.39 is 0 Å². The maximum absolute atomic E-state index is 6.01. The Balaban J connectivity index is 2.89. The number of halogens is 1. The molecule has 3 heteroatoms. The van der Waals surface area contributed by atoms with E-state index in [2.05, 4.69) is 31.0 Å². The molecule has 0 bridgehead atoms. The Morgan fingerprint density at radius 3 is 2.88 bits per heavy atom. The third kappa shape index (κ3) is 4.30. The molecule has 0 heterocycles. The number of rotatable bonds is 5. The molecule has 0 radical (unpaired) electrons. The van der Waals surface area contributed by atoms with Crippen LogP contribution in [0.15, 0.2) is 18.2 Å². The first-order valence-electron chi connectivity index (χ1n) is 5.74. The molecule has 0 fully saturated rings. The van der Waals surface area contributed by atoms with E-state index in [-0.39, 0.29) is 6.04 Å². The molecule has 1 N–H and O–H groups in total. The molecule has 1 aromatic carbocycles. The van der Waals surface area contributed by atoms with Crippen LogP contribution in [0.5, 0.6) is 5.75 Å². The smallest absolute Gasteiger partial charge is 0.149 e. The Bertz CT molecular complexity index is 420. The molecule has 0 aliphatic carbocycles. The lowest BCUT2D eigenvalue weighted by molar-refractivity contribution is 0.361. The first kappa shape index (κ1) is 13.9. The minimum atomic E-state index is 0.211. The van der Waals surface area contributed by atoms with Crippen molar-refractivity contribution in [2.45, 2.75) is 26.8 Å². The van der Waals surface area contributed by atoms with Crippen molar-refractivity contribution in [1.29, 1.82) is 0 Å². The van der Waals surface area contributed by atoms with Gasteiger partial charge in [-0.1, -0.05) is 24.4 Å². The fourth-order valence-electron chi connectivity index (χ4n) is 1.59. The quantitative estimate of drug-likeness (QED) is 0.810. The zero-order valence-electron chi connectivity index (χ0n) is 10.5. The van der Waals surface area contributed by atoms with Gasteiger partial charge in [0.1, 0.15) is 12.4 Å². The lowest BCUT2D eigenvalue weighted by atomic mass is 10.1. The van der Waals surface area contributed by atoms with Gasteiger partial charge in [0, 0.05) is 16.6 Å². The fraction of sp³-hybridized carbons (Fsp3) is 0.429. The van der Waals surface area contributed by atoms with Crippen LogP contribution < -0.4 is 10.1 Å². The molecule has 92 valence electrons. The SMILES string of the molecule is CC#CCOc1ccc(Cl)cc1C(C)NCC. The zero-order valence-corrected chi connectivity index (χ0v) is 11.3. The average Bonchev–Trinajstić information content (AvgIpc) is 2.31. The zero-order chi connectivity index (χ0) is 12.7. The van der Waals surface area contributed by atoms with Gasteiger partial charge in [-0.15, -0.1) is 5.92 Å². The normalized spacial score (nSPS) is 11.5. The van der Waals surface area contributed by atoms with Gasteiger partial charge in [-0.05, 0) is 38.6 Å². The largest absolute Gasteiger partial charge is 0.481 e. The molecule has 0 amide bonds. The summed E-state index contributed by atoms with van der Waals surface area (Å²) in [7, 11) is 0. The van der Waals surface area contributed by atoms with Gasteiger partial charge in [0.05, 0.1) is 0 Å². The molecule has 1 aromatic rings. The van der Waals surface area contributed by atoms with Crippen LogP contribution in [0.25, 0.3) is 0 Å². The summed E-state index contributed by atoms with van der Waals surface area (Å²) in [5, 5.41) is 4.07. The summed E-state index contributed by atoms with van der Waals surface area (Å²) in [4.78, 5) is 0. The highest BCUT2D eigenvalue weighted by atomic mass is 35.5. The van der Waals surface area contributed by atoms with Crippen molar-refractivity contribution in [3.63, 3.8) is 0 Å². The minimum Gasteiger partial charge on any atom is -0.481 e. The lowest BCUT2D eigenvalue weighted by Gasteiger charge is -2.17. The monoisotopic (exact) mass is 251 g/mol. The van der Waals surface area contributed by atoms with Gasteiger partial charge < -0.3 is 10.1 Å². The van der Waals surface area contributed by atoms with E-state index in [1.54, 1.807) is 6.92 Å². The van der Waals surface area contributed by atoms with Gasteiger partial charge in [0.15, 0.2) is 0 Å². The Morgan fingerprint density at radius 2 is 2.24 bits per heavy atom. The topological polar surface area (TPSA) is 21.3 Å². The van der Waals surface area contributed by atoms with Crippen LogP contribution in [0, 0.1) is 11.8 Å². The summed E-state index contributed by atoms with van der Waals surface area (Å²) in [5.74, 6) is 6.53. The van der Waals surface area contributed by atoms with Crippen LogP contribution in [0.3, 0.4) is 0 Å². The molecule has 0 aliphatic heterocycles. The van der Waals surface area contributed by atoms with Gasteiger partial charge in [-0.2, -0.15) is 0 Å². The van der Waals surface area contributed by atoms with Crippen LogP contribution in [-0.4, -0.2) is 13.2 Å². The lowest BCUT2D eigenvalue weighted by Crippen LogP contribution is -2.18. The van der Waals surface area contributed by atoms with Crippen LogP contribution in [-0.2, 0) is 0 Å². The molecule has 1 rings (SSSR count). The standard InChI is InChI=1S/C14H18ClNO/c1-4-6-9-17-14-8-7-12(15)10-13(14)11(3)16-5-2/h7-8,10-11,16H,5,9H2,1-3H3. The highest BCUT2D eigenvalue weighted by Crippen LogP contribution is 2.28. The van der Waals surface area contributed by atoms with Gasteiger partial charge in [0.2, 0.25) is 0 Å². The van der Waals surface area contributed by atoms with Gasteiger partial charge >= 0.3 is 0 Å². The van der Waals surface area contributed by atoms with Gasteiger partial charge in [-0.3, -0.25) is 0 Å². The summed E-state index contributed by atoms with van der Waals surface area (Å²) in [5.41, 5.74) is 1.07. The predicted molar refractivity (Wildman–Crippen MR) is 72.5 cm³/mol. The second-order valence-corrected chi connectivity index (χ2v) is 4.11. The fourth-order valence-corrected chi connectivity index (χ4v) is 1.77. The summed E-state index contributed by atoms with van der Waals surface area (Å²) in [6.07, 6.45) is 0. The van der Waals surface area contributed by atoms with Gasteiger partial charge in [-0.25, -0.2) is 0 Å². The van der Waals surface area contributed by atoms with Crippen molar-refractivity contribution >= 4 is 11.6 Å². The molecule has 0 aliphatic rings. The third-order valence-electron chi connectivity index (χ3n) is 2.43. The highest BCUT2D eigenvalue weighted by molar-refractivity contribution is 6.30. The van der Waals surface area contributed by atoms with Crippen LogP contribution in [0.1, 0.15) is 32.4 Å². The molecule has 1 atom stereocenters. The molecule has 0 saturated carbocycles. The van der Waals surface area contributed by atoms with Crippen LogP contribution in [0.2, 0.25) is 5.02 Å². The third-order valence-corrected chi connectivity index (χ3v) is 2.66. The Kier molecular flexibility index (Phi) is 5.90. The molecular weight excluding hydrogens is 234 g/mol. The van der Waals surface area contributed by atoms with Crippen molar-refractivity contribution in [2.75, 3.05) is 13.2 Å². The average molecular weight is 252 g/mol. The summed E-state index contributed by atoms with van der Waals surface area (Å²) >= 11 is 6.01. The second-order valence-electron chi connectivity index (χ2n) is 3.68. The van der Waals surface area contributed by atoms with E-state index in [0.29, 0.717) is 6.61 Å². The van der Waals surface area contributed by atoms with Crippen molar-refractivity contribution in [3.8, 4) is 17.6 Å². The molecule has 0 spiro atoms. The molecule has 0 saturated heterocycles. The van der Waals surface area contributed by atoms with Gasteiger partial charge in [0.25, 0.3) is 0 Å². The molecule has 17 heavy (non-hydrogen) atoms. The summed E-state index contributed by atoms with van der Waals surface area (Å²) < 4.78 is 5.63. The van der Waals surface area contributed by atoms with E-state index in [0.717, 1.165) is 22.9 Å². The second kappa shape index (κ2) is 7.21. The van der Waals surface area contributed by atoms with Crippen molar-refractivity contribution < 1.29 is 4.74 Å². The first-order valence-corrected chi connectivity index (χ1v) is 6.12. The van der Waals surface area contributed by atoms with E-state index in [1.165, 1.54) is 0 Å². The molecular formula is C14H18ClNO. The maximum Gasteiger partial charge on any atom is 0.149 e. The van der Waals surface area contributed by atoms with Crippen molar-refractivity contribution in [1.82, 2.24) is 5.32 Å². The molecule has 0 aromatic heterocycles. The maximum atomic E-state index is 6.01. The summed E-state index contributed by atoms with van der Waals surface area (Å²) in [6, 6.07) is 5.87. The number of nitrogens with one attached hydrogen (secondary N) is 1.